The fourth-order valence-electron chi connectivity index (χ4n) is 4.99. The number of anilines is 5. The zero-order chi connectivity index (χ0) is 39.2. The van der Waals surface area contributed by atoms with E-state index in [-0.39, 0.29) is 67.5 Å². The maximum absolute atomic E-state index is 14.6. The summed E-state index contributed by atoms with van der Waals surface area (Å²) in [5.74, 6) is -5.11. The van der Waals surface area contributed by atoms with E-state index in [0.29, 0.717) is 18.2 Å². The van der Waals surface area contributed by atoms with Crippen LogP contribution in [0.1, 0.15) is 0 Å². The van der Waals surface area contributed by atoms with Crippen LogP contribution in [0, 0.1) is 18.0 Å². The molecule has 6 rings (SSSR count). The van der Waals surface area contributed by atoms with Crippen LogP contribution in [0.4, 0.5) is 53.8 Å². The molecular formula is C27H21F3N10NaO11S3. The number of nitrogens with one attached hydrogen (secondary N) is 2. The number of aromatic hydroxyl groups is 1. The van der Waals surface area contributed by atoms with Crippen molar-refractivity contribution in [2.24, 2.45) is 10.2 Å². The molecule has 0 spiro atoms. The van der Waals surface area contributed by atoms with Gasteiger partial charge in [0.15, 0.2) is 5.75 Å². The Kier molecular flexibility index (Phi) is 11.9. The summed E-state index contributed by atoms with van der Waals surface area (Å²) in [5, 5.41) is 22.6. The summed E-state index contributed by atoms with van der Waals surface area (Å²) in [6.07, 6.45) is -1.29. The number of halogens is 3. The number of azo groups is 1. The number of ether oxygens (including phenoxy) is 1. The van der Waals surface area contributed by atoms with Crippen molar-refractivity contribution in [2.75, 3.05) is 41.8 Å². The van der Waals surface area contributed by atoms with Gasteiger partial charge in [0, 0.05) is 59.8 Å². The Hall–Kier alpha value is -4.71. The molecule has 285 valence electrons. The molecule has 6 N–H and O–H groups in total. The maximum Gasteiger partial charge on any atom is 0.315 e. The van der Waals surface area contributed by atoms with Gasteiger partial charge in [-0.25, -0.2) is 0 Å². The topological polar surface area (TPSA) is 309 Å². The fourth-order valence-corrected chi connectivity index (χ4v) is 6.80. The molecule has 1 fully saturated rings. The number of rotatable bonds is 10. The normalized spacial score (nSPS) is 13.9. The second kappa shape index (κ2) is 15.8. The van der Waals surface area contributed by atoms with Crippen LogP contribution in [0.2, 0.25) is 0 Å². The molecule has 0 amide bonds. The average Bonchev–Trinajstić information content (AvgIpc) is 3.06. The van der Waals surface area contributed by atoms with Crippen LogP contribution >= 0.6 is 0 Å². The van der Waals surface area contributed by atoms with Crippen molar-refractivity contribution in [3.05, 3.63) is 60.4 Å². The van der Waals surface area contributed by atoms with Gasteiger partial charge in [-0.1, -0.05) is 0 Å². The van der Waals surface area contributed by atoms with Gasteiger partial charge in [-0.3, -0.25) is 13.7 Å². The summed E-state index contributed by atoms with van der Waals surface area (Å²) in [6.45, 7) is 1.03. The van der Waals surface area contributed by atoms with E-state index in [1.54, 1.807) is 0 Å². The van der Waals surface area contributed by atoms with Gasteiger partial charge in [-0.2, -0.15) is 63.3 Å². The first kappa shape index (κ1) is 41.5. The first-order valence-corrected chi connectivity index (χ1v) is 18.9. The second-order valence-corrected chi connectivity index (χ2v) is 15.1. The van der Waals surface area contributed by atoms with Crippen molar-refractivity contribution < 1.29 is 61.9 Å². The number of nitrogens with zero attached hydrogens (tertiary/aromatic N) is 8. The monoisotopic (exact) mass is 837 g/mol. The van der Waals surface area contributed by atoms with Gasteiger partial charge in [0.2, 0.25) is 29.7 Å². The molecule has 2 aromatic heterocycles. The Bertz CT molecular complexity index is 2690. The molecule has 1 aliphatic heterocycles. The molecule has 3 aromatic carbocycles. The quantitative estimate of drug-likeness (QED) is 0.0509. The number of phenolic OH excluding ortho intramolecular Hbond substituents is 1. The van der Waals surface area contributed by atoms with E-state index in [1.165, 1.54) is 4.90 Å². The minimum atomic E-state index is -5.40. The Balaban J connectivity index is 0.00000580. The predicted octanol–water partition coefficient (Wildman–Crippen LogP) is 3.04. The number of morpholine rings is 1. The van der Waals surface area contributed by atoms with Crippen LogP contribution in [0.15, 0.2) is 67.4 Å². The summed E-state index contributed by atoms with van der Waals surface area (Å²) >= 11 is 0. The molecular weight excluding hydrogens is 817 g/mol. The van der Waals surface area contributed by atoms with Crippen molar-refractivity contribution >= 4 is 111 Å². The van der Waals surface area contributed by atoms with Crippen molar-refractivity contribution in [3.63, 3.8) is 0 Å². The summed E-state index contributed by atoms with van der Waals surface area (Å²) in [4.78, 5) is 16.4. The molecule has 0 bridgehead atoms. The molecule has 0 aliphatic carbocycles. The van der Waals surface area contributed by atoms with E-state index in [1.807, 2.05) is 0 Å². The predicted molar refractivity (Wildman–Crippen MR) is 183 cm³/mol. The molecule has 3 heterocycles. The minimum Gasteiger partial charge on any atom is -0.505 e. The minimum absolute atomic E-state index is 0. The molecule has 5 aromatic rings. The van der Waals surface area contributed by atoms with Crippen molar-refractivity contribution in [3.8, 4) is 5.75 Å². The number of hydrogen-bond acceptors (Lipinski definition) is 18. The van der Waals surface area contributed by atoms with Crippen LogP contribution in [0.3, 0.4) is 0 Å². The van der Waals surface area contributed by atoms with E-state index < -0.39 is 108 Å². The van der Waals surface area contributed by atoms with Gasteiger partial charge in [-0.05, 0) is 41.8 Å². The Labute approximate surface area is 329 Å². The Morgan fingerprint density at radius 1 is 0.727 bits per heavy atom. The fraction of sp³-hybridized carbons (Fsp3) is 0.148. The SMILES string of the molecule is O=S(=O)(O)c1cc(Nc2nc(F)nc(N3CCOCC3)n2)c2c(O)c(N=Nc3cc(Nc4nc(F)cc(F)n4)ccc3S(=O)(=O)O)c(S(=O)(=O)O)cc2c1.[Na]. The van der Waals surface area contributed by atoms with Gasteiger partial charge in [-0.15, -0.1) is 10.2 Å². The summed E-state index contributed by atoms with van der Waals surface area (Å²) in [7, 11) is -15.6. The third-order valence-electron chi connectivity index (χ3n) is 7.25. The molecule has 0 saturated carbocycles. The van der Waals surface area contributed by atoms with Crippen LogP contribution in [-0.4, -0.2) is 125 Å². The third kappa shape index (κ3) is 9.58. The standard InChI is InChI=1S/C27H21F3N10O11S3.Na/c28-19-11-20(29)34-25(33-19)31-13-1-2-17(53(45,46)47)15(9-13)38-39-22-18(54(48,49)50)8-12-7-14(52(42,43)44)10-16(21(12)23(22)41)32-26-35-24(30)36-27(37-26)40-3-5-51-6-4-40;/h1-2,7-11,41H,3-6H2,(H,31,33,34)(H,42,43,44)(H,45,46,47)(H,48,49,50)(H,32,35,36,37);. The first-order chi connectivity index (χ1) is 25.3. The molecule has 55 heavy (non-hydrogen) atoms. The van der Waals surface area contributed by atoms with Gasteiger partial charge >= 0.3 is 6.08 Å². The zero-order valence-corrected chi connectivity index (χ0v) is 31.9. The average molecular weight is 838 g/mol. The van der Waals surface area contributed by atoms with Crippen LogP contribution < -0.4 is 15.5 Å². The molecule has 1 radical (unpaired) electrons. The van der Waals surface area contributed by atoms with E-state index in [2.05, 4.69) is 45.8 Å². The smallest absolute Gasteiger partial charge is 0.315 e. The Morgan fingerprint density at radius 3 is 1.98 bits per heavy atom. The van der Waals surface area contributed by atoms with E-state index >= 15 is 0 Å². The second-order valence-electron chi connectivity index (χ2n) is 10.9. The Morgan fingerprint density at radius 2 is 1.36 bits per heavy atom. The number of aromatic nitrogens is 5. The van der Waals surface area contributed by atoms with Crippen LogP contribution in [0.25, 0.3) is 10.8 Å². The van der Waals surface area contributed by atoms with E-state index in [9.17, 15) is 57.2 Å². The third-order valence-corrected chi connectivity index (χ3v) is 9.85. The number of phenols is 1. The van der Waals surface area contributed by atoms with Gasteiger partial charge in [0.25, 0.3) is 30.4 Å². The van der Waals surface area contributed by atoms with Crippen LogP contribution in [-0.2, 0) is 35.1 Å². The largest absolute Gasteiger partial charge is 0.505 e. The zero-order valence-electron chi connectivity index (χ0n) is 27.5. The number of hydrogen-bond donors (Lipinski definition) is 6. The molecule has 1 saturated heterocycles. The number of fused-ring (bicyclic) bond motifs is 1. The van der Waals surface area contributed by atoms with Crippen molar-refractivity contribution in [1.29, 1.82) is 0 Å². The van der Waals surface area contributed by atoms with E-state index in [0.717, 1.165) is 24.3 Å². The molecule has 0 atom stereocenters. The summed E-state index contributed by atoms with van der Waals surface area (Å²) in [5.41, 5.74) is -2.60. The summed E-state index contributed by atoms with van der Waals surface area (Å²) in [6, 6.07) is 4.96. The maximum atomic E-state index is 14.6. The van der Waals surface area contributed by atoms with Gasteiger partial charge < -0.3 is 25.4 Å². The van der Waals surface area contributed by atoms with E-state index in [4.69, 9.17) is 4.74 Å². The summed E-state index contributed by atoms with van der Waals surface area (Å²) < 4.78 is 151. The van der Waals surface area contributed by atoms with Gasteiger partial charge in [0.1, 0.15) is 21.2 Å². The van der Waals surface area contributed by atoms with Gasteiger partial charge in [0.05, 0.1) is 23.8 Å². The van der Waals surface area contributed by atoms with Crippen molar-refractivity contribution in [1.82, 2.24) is 24.9 Å². The molecule has 0 unspecified atom stereocenters. The first-order valence-electron chi connectivity index (χ1n) is 14.6. The van der Waals surface area contributed by atoms with Crippen LogP contribution in [0.5, 0.6) is 5.75 Å². The van der Waals surface area contributed by atoms with Crippen molar-refractivity contribution in [2.45, 2.75) is 14.7 Å². The molecule has 21 nitrogen and oxygen atoms in total. The molecule has 28 heteroatoms. The molecule has 1 aliphatic rings. The number of benzene rings is 3.